The highest BCUT2D eigenvalue weighted by Crippen LogP contribution is 2.75. The smallest absolute Gasteiger partial charge is 0.0889 e. The molecule has 4 aromatic heterocycles. The average molecular weight is 499 g/mol. The molecular weight excluding hydrogens is 464 g/mol. The molecular formula is C34H34N4. The summed E-state index contributed by atoms with van der Waals surface area (Å²) >= 11 is 0. The van der Waals surface area contributed by atoms with Gasteiger partial charge in [0.25, 0.3) is 0 Å². The van der Waals surface area contributed by atoms with E-state index in [0.29, 0.717) is 35.5 Å². The molecule has 0 aliphatic heterocycles. The number of nitrogens with zero attached hydrogens (tertiary/aromatic N) is 4. The fraction of sp³-hybridized carbons (Fsp3) is 0.412. The summed E-state index contributed by atoms with van der Waals surface area (Å²) in [6.07, 6.45) is 6.26. The van der Waals surface area contributed by atoms with E-state index in [1.165, 1.54) is 35.4 Å². The molecule has 0 aromatic carbocycles. The Balaban J connectivity index is 1.33. The van der Waals surface area contributed by atoms with Crippen molar-refractivity contribution < 1.29 is 0 Å². The van der Waals surface area contributed by atoms with Crippen LogP contribution in [0.1, 0.15) is 86.7 Å². The Morgan fingerprint density at radius 3 is 1.37 bits per heavy atom. The van der Waals surface area contributed by atoms with Crippen molar-refractivity contribution in [3.05, 3.63) is 95.6 Å². The van der Waals surface area contributed by atoms with Crippen LogP contribution in [0.25, 0.3) is 22.8 Å². The first-order valence-electron chi connectivity index (χ1n) is 14.2. The SMILES string of the molecule is CC1(C)[C@@H]2C[C@H]1c1ccc(-c3ccccn3)nc1[C@@H]2[C@H]1c2nc(-c3ccccn3)ccc2[C@@H]2C[C@H]1C2(C)C. The minimum Gasteiger partial charge on any atom is -0.255 e. The first-order chi connectivity index (χ1) is 18.4. The Labute approximate surface area is 225 Å². The molecule has 190 valence electrons. The highest BCUT2D eigenvalue weighted by atomic mass is 14.9. The van der Waals surface area contributed by atoms with Crippen LogP contribution >= 0.6 is 0 Å². The van der Waals surface area contributed by atoms with Gasteiger partial charge in [-0.05, 0) is 94.9 Å². The second-order valence-corrected chi connectivity index (χ2v) is 13.3. The second kappa shape index (κ2) is 7.59. The summed E-state index contributed by atoms with van der Waals surface area (Å²) in [5.41, 5.74) is 9.99. The molecule has 10 rings (SSSR count). The number of aromatic nitrogens is 4. The van der Waals surface area contributed by atoms with E-state index in [9.17, 15) is 0 Å². The summed E-state index contributed by atoms with van der Waals surface area (Å²) in [6.45, 7) is 9.96. The summed E-state index contributed by atoms with van der Waals surface area (Å²) in [4.78, 5) is 20.2. The zero-order valence-electron chi connectivity index (χ0n) is 22.6. The van der Waals surface area contributed by atoms with Crippen LogP contribution in [-0.2, 0) is 0 Å². The van der Waals surface area contributed by atoms with Gasteiger partial charge in [-0.2, -0.15) is 0 Å². The molecule has 0 radical (unpaired) electrons. The molecule has 6 aliphatic rings. The minimum atomic E-state index is 0.273. The van der Waals surface area contributed by atoms with E-state index in [0.717, 1.165) is 22.8 Å². The number of hydrogen-bond donors (Lipinski definition) is 0. The summed E-state index contributed by atoms with van der Waals surface area (Å²) in [5.74, 6) is 3.12. The molecule has 0 amide bonds. The standard InChI is InChI=1S/C34H34N4/c1-33(2)21-17-23(33)29(31-19(21)11-13-27(37-31)25-9-5-7-15-35-25)30-24-18-22(34(24,3)4)20-12-14-28(38-32(20)30)26-10-6-8-16-36-26/h5-16,21-24,29-30H,17-18H2,1-4H3/t21-,22-,23+,24+,29-,30-/m0/s1. The van der Waals surface area contributed by atoms with Gasteiger partial charge in [0.2, 0.25) is 0 Å². The van der Waals surface area contributed by atoms with Gasteiger partial charge in [-0.15, -0.1) is 0 Å². The monoisotopic (exact) mass is 498 g/mol. The lowest BCUT2D eigenvalue weighted by atomic mass is 9.37. The number of hydrogen-bond acceptors (Lipinski definition) is 4. The Hall–Kier alpha value is -3.40. The van der Waals surface area contributed by atoms with E-state index in [4.69, 9.17) is 9.97 Å². The van der Waals surface area contributed by atoms with Gasteiger partial charge in [-0.25, -0.2) is 0 Å². The van der Waals surface area contributed by atoms with Crippen LogP contribution in [0.5, 0.6) is 0 Å². The van der Waals surface area contributed by atoms with E-state index in [1.807, 2.05) is 24.5 Å². The Morgan fingerprint density at radius 2 is 1.00 bits per heavy atom. The third kappa shape index (κ3) is 2.86. The van der Waals surface area contributed by atoms with E-state index >= 15 is 0 Å². The molecule has 0 unspecified atom stereocenters. The van der Waals surface area contributed by atoms with Crippen molar-refractivity contribution in [2.24, 2.45) is 22.7 Å². The maximum absolute atomic E-state index is 5.44. The van der Waals surface area contributed by atoms with Crippen molar-refractivity contribution in [2.75, 3.05) is 0 Å². The molecule has 2 fully saturated rings. The largest absolute Gasteiger partial charge is 0.255 e. The summed E-state index contributed by atoms with van der Waals surface area (Å²) < 4.78 is 0. The fourth-order valence-electron chi connectivity index (χ4n) is 8.82. The number of rotatable bonds is 3. The average Bonchev–Trinajstić information content (AvgIpc) is 2.95. The quantitative estimate of drug-likeness (QED) is 0.290. The lowest BCUT2D eigenvalue weighted by Gasteiger charge is -2.67. The van der Waals surface area contributed by atoms with Gasteiger partial charge in [0, 0.05) is 35.6 Å². The third-order valence-electron chi connectivity index (χ3n) is 11.1. The lowest BCUT2D eigenvalue weighted by Crippen LogP contribution is -2.57. The Bertz CT molecular complexity index is 1440. The number of pyridine rings is 4. The van der Waals surface area contributed by atoms with Gasteiger partial charge >= 0.3 is 0 Å². The van der Waals surface area contributed by atoms with Crippen molar-refractivity contribution in [3.63, 3.8) is 0 Å². The molecule has 0 N–H and O–H groups in total. The van der Waals surface area contributed by atoms with Crippen molar-refractivity contribution in [1.29, 1.82) is 0 Å². The van der Waals surface area contributed by atoms with E-state index < -0.39 is 0 Å². The molecule has 2 saturated carbocycles. The van der Waals surface area contributed by atoms with Gasteiger partial charge in [-0.3, -0.25) is 19.9 Å². The molecule has 4 bridgehead atoms. The second-order valence-electron chi connectivity index (χ2n) is 13.3. The van der Waals surface area contributed by atoms with Crippen molar-refractivity contribution in [2.45, 2.75) is 64.2 Å². The van der Waals surface area contributed by atoms with Crippen LogP contribution < -0.4 is 0 Å². The molecule has 4 nitrogen and oxygen atoms in total. The fourth-order valence-corrected chi connectivity index (χ4v) is 8.82. The molecule has 4 heteroatoms. The molecule has 38 heavy (non-hydrogen) atoms. The zero-order chi connectivity index (χ0) is 25.8. The first kappa shape index (κ1) is 22.6. The Morgan fingerprint density at radius 1 is 0.553 bits per heavy atom. The van der Waals surface area contributed by atoms with Crippen molar-refractivity contribution in [1.82, 2.24) is 19.9 Å². The van der Waals surface area contributed by atoms with E-state index in [1.54, 1.807) is 0 Å². The van der Waals surface area contributed by atoms with Gasteiger partial charge in [0.1, 0.15) is 0 Å². The molecule has 0 spiro atoms. The summed E-state index contributed by atoms with van der Waals surface area (Å²) in [7, 11) is 0. The topological polar surface area (TPSA) is 51.6 Å². The zero-order valence-corrected chi connectivity index (χ0v) is 22.6. The normalized spacial score (nSPS) is 30.8. The van der Waals surface area contributed by atoms with Crippen LogP contribution in [0.4, 0.5) is 0 Å². The maximum atomic E-state index is 5.44. The highest BCUT2D eigenvalue weighted by molar-refractivity contribution is 5.59. The molecule has 4 aromatic rings. The molecule has 6 atom stereocenters. The van der Waals surface area contributed by atoms with Gasteiger partial charge in [0.05, 0.1) is 22.8 Å². The molecule has 0 saturated heterocycles. The Kier molecular flexibility index (Phi) is 4.51. The third-order valence-corrected chi connectivity index (χ3v) is 11.1. The van der Waals surface area contributed by atoms with Crippen LogP contribution in [-0.4, -0.2) is 19.9 Å². The van der Waals surface area contributed by atoms with Gasteiger partial charge < -0.3 is 0 Å². The van der Waals surface area contributed by atoms with Crippen LogP contribution in [0, 0.1) is 22.7 Å². The minimum absolute atomic E-state index is 0.273. The van der Waals surface area contributed by atoms with Crippen LogP contribution in [0.2, 0.25) is 0 Å². The number of fused-ring (bicyclic) bond motifs is 1. The summed E-state index contributed by atoms with van der Waals surface area (Å²) in [5, 5.41) is 0. The molecule has 6 aliphatic carbocycles. The maximum Gasteiger partial charge on any atom is 0.0889 e. The first-order valence-corrected chi connectivity index (χ1v) is 14.2. The lowest BCUT2D eigenvalue weighted by molar-refractivity contribution is -0.0673. The molecule has 4 heterocycles. The van der Waals surface area contributed by atoms with Crippen molar-refractivity contribution in [3.8, 4) is 22.8 Å². The van der Waals surface area contributed by atoms with Crippen molar-refractivity contribution >= 4 is 0 Å². The van der Waals surface area contributed by atoms with E-state index in [-0.39, 0.29) is 10.8 Å². The van der Waals surface area contributed by atoms with E-state index in [2.05, 4.69) is 86.2 Å². The summed E-state index contributed by atoms with van der Waals surface area (Å²) in [6, 6.07) is 21.3. The van der Waals surface area contributed by atoms with Gasteiger partial charge in [-0.1, -0.05) is 52.0 Å². The van der Waals surface area contributed by atoms with Crippen LogP contribution in [0.3, 0.4) is 0 Å². The highest BCUT2D eigenvalue weighted by Gasteiger charge is 2.65. The van der Waals surface area contributed by atoms with Gasteiger partial charge in [0.15, 0.2) is 0 Å². The predicted octanol–water partition coefficient (Wildman–Crippen LogP) is 7.75. The predicted molar refractivity (Wildman–Crippen MR) is 150 cm³/mol. The van der Waals surface area contributed by atoms with Crippen LogP contribution in [0.15, 0.2) is 73.1 Å².